The van der Waals surface area contributed by atoms with Crippen LogP contribution >= 0.6 is 12.2 Å². The second kappa shape index (κ2) is 8.20. The number of ether oxygens (including phenoxy) is 1. The van der Waals surface area contributed by atoms with Crippen molar-refractivity contribution in [3.05, 3.63) is 63.7 Å². The number of nitro benzene ring substituents is 1. The first-order valence-electron chi connectivity index (χ1n) is 7.51. The van der Waals surface area contributed by atoms with Crippen molar-refractivity contribution in [3.63, 3.8) is 0 Å². The minimum absolute atomic E-state index is 0.0387. The Labute approximate surface area is 150 Å². The number of anilines is 1. The maximum atomic E-state index is 12.4. The maximum Gasteiger partial charge on any atom is 0.292 e. The number of rotatable bonds is 5. The summed E-state index contributed by atoms with van der Waals surface area (Å²) in [6.07, 6.45) is 0. The topological polar surface area (TPSA) is 93.5 Å². The summed E-state index contributed by atoms with van der Waals surface area (Å²) in [5.41, 5.74) is 1.16. The highest BCUT2D eigenvalue weighted by molar-refractivity contribution is 7.80. The quantitative estimate of drug-likeness (QED) is 0.483. The summed E-state index contributed by atoms with van der Waals surface area (Å²) in [6, 6.07) is 11.4. The van der Waals surface area contributed by atoms with E-state index in [4.69, 9.17) is 17.0 Å². The lowest BCUT2D eigenvalue weighted by atomic mass is 10.2. The molecule has 0 saturated heterocycles. The van der Waals surface area contributed by atoms with Gasteiger partial charge in [0.1, 0.15) is 11.4 Å². The molecule has 0 unspecified atom stereocenters. The Bertz CT molecular complexity index is 823. The van der Waals surface area contributed by atoms with E-state index in [-0.39, 0.29) is 16.5 Å². The first-order chi connectivity index (χ1) is 11.9. The third-order valence-corrected chi connectivity index (χ3v) is 3.46. The number of amides is 1. The summed E-state index contributed by atoms with van der Waals surface area (Å²) in [4.78, 5) is 23.0. The molecule has 0 heterocycles. The van der Waals surface area contributed by atoms with Gasteiger partial charge in [-0.05, 0) is 49.8 Å². The van der Waals surface area contributed by atoms with Gasteiger partial charge in [0.2, 0.25) is 0 Å². The van der Waals surface area contributed by atoms with E-state index < -0.39 is 10.8 Å². The molecule has 2 aromatic rings. The highest BCUT2D eigenvalue weighted by atomic mass is 32.1. The van der Waals surface area contributed by atoms with Crippen molar-refractivity contribution in [2.45, 2.75) is 13.8 Å². The molecule has 0 radical (unpaired) electrons. The number of carbonyl (C=O) groups excluding carboxylic acids is 1. The first-order valence-corrected chi connectivity index (χ1v) is 7.92. The van der Waals surface area contributed by atoms with Gasteiger partial charge in [-0.25, -0.2) is 0 Å². The first kappa shape index (κ1) is 18.3. The highest BCUT2D eigenvalue weighted by Gasteiger charge is 2.17. The van der Waals surface area contributed by atoms with Crippen LogP contribution in [0.25, 0.3) is 0 Å². The van der Waals surface area contributed by atoms with Gasteiger partial charge in [0.05, 0.1) is 17.1 Å². The van der Waals surface area contributed by atoms with Crippen LogP contribution in [0.3, 0.4) is 0 Å². The molecule has 0 aromatic heterocycles. The average Bonchev–Trinajstić information content (AvgIpc) is 2.57. The molecular formula is C17H17N3O4S. The molecule has 2 aromatic carbocycles. The largest absolute Gasteiger partial charge is 0.493 e. The van der Waals surface area contributed by atoms with Gasteiger partial charge >= 0.3 is 0 Å². The number of benzene rings is 2. The van der Waals surface area contributed by atoms with Gasteiger partial charge in [0, 0.05) is 6.07 Å². The lowest BCUT2D eigenvalue weighted by molar-refractivity contribution is -0.383. The SMILES string of the molecule is CCOc1ccccc1C(=O)NC(=S)Nc1ccc(C)cc1[N+](=O)[O-]. The van der Waals surface area contributed by atoms with Crippen LogP contribution in [0.15, 0.2) is 42.5 Å². The predicted molar refractivity (Wildman–Crippen MR) is 99.1 cm³/mol. The minimum atomic E-state index is -0.510. The Kier molecular flexibility index (Phi) is 6.02. The fourth-order valence-electron chi connectivity index (χ4n) is 2.16. The van der Waals surface area contributed by atoms with Crippen LogP contribution in [0.1, 0.15) is 22.8 Å². The minimum Gasteiger partial charge on any atom is -0.493 e. The fraction of sp³-hybridized carbons (Fsp3) is 0.176. The average molecular weight is 359 g/mol. The van der Waals surface area contributed by atoms with Crippen molar-refractivity contribution in [1.82, 2.24) is 5.32 Å². The van der Waals surface area contributed by atoms with Gasteiger partial charge in [-0.3, -0.25) is 20.2 Å². The van der Waals surface area contributed by atoms with E-state index in [1.165, 1.54) is 6.07 Å². The normalized spacial score (nSPS) is 10.0. The van der Waals surface area contributed by atoms with Crippen molar-refractivity contribution in [3.8, 4) is 5.75 Å². The van der Waals surface area contributed by atoms with Crippen molar-refractivity contribution < 1.29 is 14.5 Å². The van der Waals surface area contributed by atoms with Crippen molar-refractivity contribution >= 4 is 34.6 Å². The molecule has 2 N–H and O–H groups in total. The summed E-state index contributed by atoms with van der Waals surface area (Å²) in [5.74, 6) is -0.0251. The van der Waals surface area contributed by atoms with Crippen molar-refractivity contribution in [1.29, 1.82) is 0 Å². The van der Waals surface area contributed by atoms with E-state index >= 15 is 0 Å². The standard InChI is InChI=1S/C17H17N3O4S/c1-3-24-15-7-5-4-6-12(15)16(21)19-17(25)18-13-9-8-11(2)10-14(13)20(22)23/h4-10H,3H2,1-2H3,(H2,18,19,21,25). The van der Waals surface area contributed by atoms with Crippen LogP contribution in [0, 0.1) is 17.0 Å². The number of hydrogen-bond acceptors (Lipinski definition) is 5. The van der Waals surface area contributed by atoms with E-state index in [2.05, 4.69) is 10.6 Å². The molecule has 0 fully saturated rings. The van der Waals surface area contributed by atoms with E-state index in [1.807, 2.05) is 6.92 Å². The monoisotopic (exact) mass is 359 g/mol. The summed E-state index contributed by atoms with van der Waals surface area (Å²) in [5, 5.41) is 16.3. The summed E-state index contributed by atoms with van der Waals surface area (Å²) in [6.45, 7) is 3.99. The predicted octanol–water partition coefficient (Wildman–Crippen LogP) is 3.43. The van der Waals surface area contributed by atoms with Gasteiger partial charge < -0.3 is 10.1 Å². The van der Waals surface area contributed by atoms with Gasteiger partial charge in [0.25, 0.3) is 11.6 Å². The van der Waals surface area contributed by atoms with Gasteiger partial charge in [-0.2, -0.15) is 0 Å². The zero-order valence-electron chi connectivity index (χ0n) is 13.7. The number of nitro groups is 1. The molecular weight excluding hydrogens is 342 g/mol. The van der Waals surface area contributed by atoms with E-state index in [9.17, 15) is 14.9 Å². The number of thiocarbonyl (C=S) groups is 1. The smallest absolute Gasteiger partial charge is 0.292 e. The molecule has 1 amide bonds. The molecule has 8 heteroatoms. The molecule has 0 spiro atoms. The molecule has 25 heavy (non-hydrogen) atoms. The summed E-state index contributed by atoms with van der Waals surface area (Å²) in [7, 11) is 0. The lowest BCUT2D eigenvalue weighted by Gasteiger charge is -2.12. The molecule has 0 atom stereocenters. The third-order valence-electron chi connectivity index (χ3n) is 3.26. The number of nitrogens with zero attached hydrogens (tertiary/aromatic N) is 1. The zero-order valence-corrected chi connectivity index (χ0v) is 14.6. The van der Waals surface area contributed by atoms with E-state index in [1.54, 1.807) is 43.3 Å². The number of nitrogens with one attached hydrogen (secondary N) is 2. The zero-order chi connectivity index (χ0) is 18.4. The molecule has 130 valence electrons. The van der Waals surface area contributed by atoms with Gasteiger partial charge in [-0.15, -0.1) is 0 Å². The lowest BCUT2D eigenvalue weighted by Crippen LogP contribution is -2.34. The Morgan fingerprint density at radius 3 is 2.68 bits per heavy atom. The van der Waals surface area contributed by atoms with Crippen LogP contribution in [-0.2, 0) is 0 Å². The molecule has 0 bridgehead atoms. The van der Waals surface area contributed by atoms with Crippen LogP contribution in [0.2, 0.25) is 0 Å². The van der Waals surface area contributed by atoms with Crippen LogP contribution in [-0.4, -0.2) is 22.5 Å². The highest BCUT2D eigenvalue weighted by Crippen LogP contribution is 2.25. The molecule has 2 rings (SSSR count). The maximum absolute atomic E-state index is 12.4. The van der Waals surface area contributed by atoms with Crippen LogP contribution in [0.5, 0.6) is 5.75 Å². The Hall–Kier alpha value is -3.00. The number of para-hydroxylation sites is 1. The molecule has 0 aliphatic rings. The fourth-order valence-corrected chi connectivity index (χ4v) is 2.36. The number of aryl methyl sites for hydroxylation is 1. The Balaban J connectivity index is 2.13. The third kappa shape index (κ3) is 4.74. The van der Waals surface area contributed by atoms with Gasteiger partial charge in [0.15, 0.2) is 5.11 Å². The van der Waals surface area contributed by atoms with Crippen LogP contribution in [0.4, 0.5) is 11.4 Å². The molecule has 0 aliphatic carbocycles. The van der Waals surface area contributed by atoms with Gasteiger partial charge in [-0.1, -0.05) is 18.2 Å². The second-order valence-electron chi connectivity index (χ2n) is 5.12. The molecule has 0 aliphatic heterocycles. The molecule has 0 saturated carbocycles. The van der Waals surface area contributed by atoms with E-state index in [0.29, 0.717) is 17.9 Å². The summed E-state index contributed by atoms with van der Waals surface area (Å²) >= 11 is 5.09. The number of hydrogen-bond donors (Lipinski definition) is 2. The van der Waals surface area contributed by atoms with E-state index in [0.717, 1.165) is 5.56 Å². The van der Waals surface area contributed by atoms with Crippen LogP contribution < -0.4 is 15.4 Å². The van der Waals surface area contributed by atoms with Crippen molar-refractivity contribution in [2.24, 2.45) is 0 Å². The Morgan fingerprint density at radius 1 is 1.28 bits per heavy atom. The summed E-state index contributed by atoms with van der Waals surface area (Å²) < 4.78 is 5.41. The van der Waals surface area contributed by atoms with Crippen molar-refractivity contribution in [2.75, 3.05) is 11.9 Å². The Morgan fingerprint density at radius 2 is 2.00 bits per heavy atom. The second-order valence-corrected chi connectivity index (χ2v) is 5.52. The number of carbonyl (C=O) groups is 1. The molecule has 7 nitrogen and oxygen atoms in total.